The number of carbonyl (C=O) groups excluding carboxylic acids is 1. The van der Waals surface area contributed by atoms with Crippen LogP contribution < -0.4 is 4.80 Å². The molecule has 1 aromatic carbocycles. The van der Waals surface area contributed by atoms with Gasteiger partial charge in [-0.3, -0.25) is 9.20 Å². The van der Waals surface area contributed by atoms with E-state index in [1.807, 2.05) is 54.1 Å². The van der Waals surface area contributed by atoms with Crippen molar-refractivity contribution >= 4 is 49.0 Å². The first-order valence-electron chi connectivity index (χ1n) is 8.39. The van der Waals surface area contributed by atoms with E-state index < -0.39 is 0 Å². The van der Waals surface area contributed by atoms with Gasteiger partial charge in [-0.25, -0.2) is 4.98 Å². The van der Waals surface area contributed by atoms with Crippen LogP contribution in [0.5, 0.6) is 0 Å². The van der Waals surface area contributed by atoms with Crippen LogP contribution in [0.15, 0.2) is 52.1 Å². The van der Waals surface area contributed by atoms with Crippen LogP contribution in [0, 0.1) is 6.92 Å². The second-order valence-electron chi connectivity index (χ2n) is 6.03. The van der Waals surface area contributed by atoms with Gasteiger partial charge in [-0.2, -0.15) is 4.99 Å². The van der Waals surface area contributed by atoms with E-state index in [9.17, 15) is 4.79 Å². The number of halogens is 1. The minimum absolute atomic E-state index is 0.303. The highest BCUT2D eigenvalue weighted by molar-refractivity contribution is 9.10. The number of thiazole rings is 1. The Hall–Kier alpha value is -2.29. The average Bonchev–Trinajstić information content (AvgIpc) is 3.15. The number of hydrogen-bond donors (Lipinski definition) is 0. The number of imidazole rings is 1. The topological polar surface area (TPSA) is 60.9 Å². The molecule has 8 heteroatoms. The van der Waals surface area contributed by atoms with Crippen molar-refractivity contribution in [1.82, 2.24) is 14.0 Å². The summed E-state index contributed by atoms with van der Waals surface area (Å²) in [5.74, 6) is -0.303. The normalized spacial score (nSPS) is 12.3. The monoisotopic (exact) mass is 444 g/mol. The summed E-state index contributed by atoms with van der Waals surface area (Å²) in [5, 5.41) is 0. The molecule has 0 aliphatic carbocycles. The first-order chi connectivity index (χ1) is 13.1. The van der Waals surface area contributed by atoms with Crippen LogP contribution >= 0.6 is 27.3 Å². The smallest absolute Gasteiger partial charge is 0.298 e. The molecule has 0 saturated carbocycles. The van der Waals surface area contributed by atoms with Crippen LogP contribution in [0.3, 0.4) is 0 Å². The molecule has 0 radical (unpaired) electrons. The molecule has 0 saturated heterocycles. The lowest BCUT2D eigenvalue weighted by Crippen LogP contribution is -2.20. The number of hydrogen-bond acceptors (Lipinski definition) is 4. The van der Waals surface area contributed by atoms with Crippen molar-refractivity contribution in [2.24, 2.45) is 4.99 Å². The maximum absolute atomic E-state index is 13.0. The molecule has 6 nitrogen and oxygen atoms in total. The summed E-state index contributed by atoms with van der Waals surface area (Å²) in [6.07, 6.45) is 1.83. The zero-order valence-electron chi connectivity index (χ0n) is 14.8. The number of pyridine rings is 1. The van der Waals surface area contributed by atoms with Gasteiger partial charge in [0.1, 0.15) is 11.3 Å². The third kappa shape index (κ3) is 3.36. The molecule has 27 heavy (non-hydrogen) atoms. The average molecular weight is 445 g/mol. The van der Waals surface area contributed by atoms with E-state index in [0.29, 0.717) is 29.3 Å². The Labute approximate surface area is 167 Å². The summed E-state index contributed by atoms with van der Waals surface area (Å²) in [6.45, 7) is 2.99. The molecule has 0 atom stereocenters. The van der Waals surface area contributed by atoms with Gasteiger partial charge in [0, 0.05) is 24.3 Å². The third-order valence-electron chi connectivity index (χ3n) is 4.27. The zero-order chi connectivity index (χ0) is 19.0. The molecule has 3 aromatic heterocycles. The molecule has 0 spiro atoms. The molecule has 0 unspecified atom stereocenters. The Bertz CT molecular complexity index is 1220. The van der Waals surface area contributed by atoms with Crippen LogP contribution in [0.2, 0.25) is 0 Å². The second-order valence-corrected chi connectivity index (χ2v) is 7.96. The maximum Gasteiger partial charge on any atom is 0.298 e. The molecule has 0 fully saturated rings. The summed E-state index contributed by atoms with van der Waals surface area (Å²) in [7, 11) is 1.66. The number of aryl methyl sites for hydroxylation is 1. The highest BCUT2D eigenvalue weighted by atomic mass is 79.9. The van der Waals surface area contributed by atoms with Crippen molar-refractivity contribution in [3.8, 4) is 0 Å². The lowest BCUT2D eigenvalue weighted by atomic mass is 10.3. The van der Waals surface area contributed by atoms with Crippen LogP contribution in [0.25, 0.3) is 15.9 Å². The molecule has 0 aliphatic rings. The van der Waals surface area contributed by atoms with Crippen molar-refractivity contribution in [2.75, 3.05) is 13.7 Å². The van der Waals surface area contributed by atoms with E-state index in [2.05, 4.69) is 25.9 Å². The SMILES string of the molecule is COCCn1c(=NC(=O)c2c(C)nc3ccccn23)sc2cc(Br)ccc21. The molecular formula is C19H17BrN4O2S. The van der Waals surface area contributed by atoms with Crippen molar-refractivity contribution < 1.29 is 9.53 Å². The number of ether oxygens (including phenoxy) is 1. The van der Waals surface area contributed by atoms with E-state index in [1.165, 1.54) is 11.3 Å². The van der Waals surface area contributed by atoms with Crippen LogP contribution in [0.4, 0.5) is 0 Å². The Morgan fingerprint density at radius 3 is 3.00 bits per heavy atom. The Morgan fingerprint density at radius 2 is 2.19 bits per heavy atom. The molecular weight excluding hydrogens is 428 g/mol. The number of nitrogens with zero attached hydrogens (tertiary/aromatic N) is 4. The van der Waals surface area contributed by atoms with Gasteiger partial charge in [0.05, 0.1) is 22.5 Å². The van der Waals surface area contributed by atoms with Crippen molar-refractivity contribution in [2.45, 2.75) is 13.5 Å². The summed E-state index contributed by atoms with van der Waals surface area (Å²) < 4.78 is 11.1. The Balaban J connectivity index is 1.88. The first kappa shape index (κ1) is 18.1. The molecule has 0 bridgehead atoms. The van der Waals surface area contributed by atoms with Crippen LogP contribution in [-0.2, 0) is 11.3 Å². The standard InChI is InChI=1S/C19H17BrN4O2S/c1-12-17(24-8-4-3-5-16(24)21-12)18(25)22-19-23(9-10-26-2)14-7-6-13(20)11-15(14)27-19/h3-8,11H,9-10H2,1-2H3. The van der Waals surface area contributed by atoms with E-state index in [0.717, 1.165) is 20.3 Å². The van der Waals surface area contributed by atoms with Gasteiger partial charge in [0.2, 0.25) is 0 Å². The third-order valence-corrected chi connectivity index (χ3v) is 5.80. The highest BCUT2D eigenvalue weighted by Gasteiger charge is 2.17. The molecule has 0 aliphatic heterocycles. The highest BCUT2D eigenvalue weighted by Crippen LogP contribution is 2.22. The van der Waals surface area contributed by atoms with Crippen molar-refractivity contribution in [1.29, 1.82) is 0 Å². The number of fused-ring (bicyclic) bond motifs is 2. The quantitative estimate of drug-likeness (QED) is 0.480. The second kappa shape index (κ2) is 7.38. The lowest BCUT2D eigenvalue weighted by molar-refractivity contribution is 0.0991. The summed E-state index contributed by atoms with van der Waals surface area (Å²) >= 11 is 4.99. The van der Waals surface area contributed by atoms with Gasteiger partial charge >= 0.3 is 0 Å². The van der Waals surface area contributed by atoms with Gasteiger partial charge < -0.3 is 9.30 Å². The fraction of sp³-hybridized carbons (Fsp3) is 0.211. The predicted molar refractivity (Wildman–Crippen MR) is 109 cm³/mol. The molecule has 4 aromatic rings. The lowest BCUT2D eigenvalue weighted by Gasteiger charge is -2.04. The molecule has 4 rings (SSSR count). The van der Waals surface area contributed by atoms with Gasteiger partial charge in [-0.15, -0.1) is 0 Å². The van der Waals surface area contributed by atoms with E-state index in [-0.39, 0.29) is 5.91 Å². The van der Waals surface area contributed by atoms with Crippen LogP contribution in [0.1, 0.15) is 16.2 Å². The van der Waals surface area contributed by atoms with Crippen LogP contribution in [-0.4, -0.2) is 33.6 Å². The molecule has 0 N–H and O–H groups in total. The summed E-state index contributed by atoms with van der Waals surface area (Å²) in [5.41, 5.74) is 2.92. The summed E-state index contributed by atoms with van der Waals surface area (Å²) in [6, 6.07) is 11.7. The van der Waals surface area contributed by atoms with E-state index in [1.54, 1.807) is 11.5 Å². The van der Waals surface area contributed by atoms with Gasteiger partial charge in [-0.1, -0.05) is 33.3 Å². The van der Waals surface area contributed by atoms with Gasteiger partial charge in [-0.05, 0) is 37.3 Å². The fourth-order valence-electron chi connectivity index (χ4n) is 3.04. The minimum atomic E-state index is -0.303. The Kier molecular flexibility index (Phi) is 4.94. The number of benzene rings is 1. The number of carbonyl (C=O) groups is 1. The van der Waals surface area contributed by atoms with E-state index in [4.69, 9.17) is 4.74 Å². The fourth-order valence-corrected chi connectivity index (χ4v) is 4.65. The maximum atomic E-state index is 13.0. The first-order valence-corrected chi connectivity index (χ1v) is 10.00. The largest absolute Gasteiger partial charge is 0.383 e. The minimum Gasteiger partial charge on any atom is -0.383 e. The molecule has 138 valence electrons. The summed E-state index contributed by atoms with van der Waals surface area (Å²) in [4.78, 5) is 22.6. The zero-order valence-corrected chi connectivity index (χ0v) is 17.2. The van der Waals surface area contributed by atoms with E-state index >= 15 is 0 Å². The molecule has 1 amide bonds. The van der Waals surface area contributed by atoms with Gasteiger partial charge in [0.15, 0.2) is 4.80 Å². The molecule has 3 heterocycles. The predicted octanol–water partition coefficient (Wildman–Crippen LogP) is 3.81. The number of aromatic nitrogens is 3. The number of rotatable bonds is 4. The van der Waals surface area contributed by atoms with Gasteiger partial charge in [0.25, 0.3) is 5.91 Å². The Morgan fingerprint density at radius 1 is 1.33 bits per heavy atom. The number of amides is 1. The van der Waals surface area contributed by atoms with Crippen molar-refractivity contribution in [3.05, 3.63) is 63.3 Å². The van der Waals surface area contributed by atoms with Crippen molar-refractivity contribution in [3.63, 3.8) is 0 Å². The number of methoxy groups -OCH3 is 1.